The lowest BCUT2D eigenvalue weighted by Gasteiger charge is -2.22. The molecule has 0 spiro atoms. The molecule has 2 atom stereocenters. The van der Waals surface area contributed by atoms with Gasteiger partial charge in [-0.25, -0.2) is 0 Å². The van der Waals surface area contributed by atoms with Crippen LogP contribution in [0.3, 0.4) is 0 Å². The minimum atomic E-state index is -0.928. The molecule has 7 heteroatoms. The van der Waals surface area contributed by atoms with Crippen molar-refractivity contribution in [3.8, 4) is 0 Å². The highest BCUT2D eigenvalue weighted by atomic mass is 16.3. The Hall–Kier alpha value is -3.19. The molecule has 0 unspecified atom stereocenters. The molecular weight excluding hydrogens is 358 g/mol. The fourth-order valence-electron chi connectivity index (χ4n) is 3.27. The molecule has 0 saturated carbocycles. The standard InChI is InChI=1S/C21H23N3O4/c1-13(2)24-16-11-7-6-10-15(16)18(21(24)28)23-20(27)19(26)22-12-17(25)14-8-4-3-5-9-14/h3-11,13,17-18,25H,12H2,1-2H3,(H,22,26)(H,23,27)/t17-,18+/m1/s1. The van der Waals surface area contributed by atoms with Gasteiger partial charge in [-0.2, -0.15) is 0 Å². The van der Waals surface area contributed by atoms with Crippen molar-refractivity contribution >= 4 is 23.4 Å². The summed E-state index contributed by atoms with van der Waals surface area (Å²) in [5.74, 6) is -2.09. The Morgan fingerprint density at radius 3 is 2.36 bits per heavy atom. The van der Waals surface area contributed by atoms with Gasteiger partial charge in [-0.3, -0.25) is 14.4 Å². The molecule has 7 nitrogen and oxygen atoms in total. The molecule has 28 heavy (non-hydrogen) atoms. The molecule has 0 fully saturated rings. The number of benzene rings is 2. The molecule has 3 amide bonds. The maximum Gasteiger partial charge on any atom is 0.310 e. The summed E-state index contributed by atoms with van der Waals surface area (Å²) < 4.78 is 0. The van der Waals surface area contributed by atoms with Gasteiger partial charge in [0.15, 0.2) is 0 Å². The Kier molecular flexibility index (Phi) is 5.75. The van der Waals surface area contributed by atoms with Gasteiger partial charge in [0.25, 0.3) is 5.91 Å². The molecule has 1 aliphatic heterocycles. The van der Waals surface area contributed by atoms with Crippen molar-refractivity contribution in [3.63, 3.8) is 0 Å². The third-order valence-electron chi connectivity index (χ3n) is 4.63. The first kappa shape index (κ1) is 19.6. The smallest absolute Gasteiger partial charge is 0.310 e. The molecule has 3 rings (SSSR count). The van der Waals surface area contributed by atoms with Crippen molar-refractivity contribution in [2.24, 2.45) is 0 Å². The molecule has 1 aliphatic rings. The number of aliphatic hydroxyl groups excluding tert-OH is 1. The predicted molar refractivity (Wildman–Crippen MR) is 104 cm³/mol. The molecule has 0 aliphatic carbocycles. The van der Waals surface area contributed by atoms with E-state index in [-0.39, 0.29) is 18.5 Å². The van der Waals surface area contributed by atoms with Crippen LogP contribution in [-0.2, 0) is 14.4 Å². The molecule has 2 aromatic rings. The van der Waals surface area contributed by atoms with Crippen LogP contribution in [0.5, 0.6) is 0 Å². The zero-order valence-electron chi connectivity index (χ0n) is 15.8. The third-order valence-corrected chi connectivity index (χ3v) is 4.63. The monoisotopic (exact) mass is 381 g/mol. The summed E-state index contributed by atoms with van der Waals surface area (Å²) in [6.07, 6.45) is -0.928. The normalized spacial score (nSPS) is 16.6. The Morgan fingerprint density at radius 1 is 1.04 bits per heavy atom. The van der Waals surface area contributed by atoms with E-state index in [2.05, 4.69) is 10.6 Å². The number of anilines is 1. The van der Waals surface area contributed by atoms with E-state index >= 15 is 0 Å². The van der Waals surface area contributed by atoms with E-state index in [9.17, 15) is 19.5 Å². The second-order valence-corrected chi connectivity index (χ2v) is 6.90. The van der Waals surface area contributed by atoms with Gasteiger partial charge < -0.3 is 20.6 Å². The maximum atomic E-state index is 12.8. The summed E-state index contributed by atoms with van der Waals surface area (Å²) in [7, 11) is 0. The van der Waals surface area contributed by atoms with E-state index in [1.165, 1.54) is 0 Å². The van der Waals surface area contributed by atoms with E-state index in [0.717, 1.165) is 5.69 Å². The first-order valence-corrected chi connectivity index (χ1v) is 9.14. The van der Waals surface area contributed by atoms with E-state index in [1.54, 1.807) is 41.3 Å². The van der Waals surface area contributed by atoms with Gasteiger partial charge >= 0.3 is 11.8 Å². The molecule has 2 aromatic carbocycles. The quantitative estimate of drug-likeness (QED) is 0.683. The number of nitrogens with one attached hydrogen (secondary N) is 2. The van der Waals surface area contributed by atoms with Crippen LogP contribution in [0.4, 0.5) is 5.69 Å². The number of rotatable bonds is 5. The number of hydrogen-bond acceptors (Lipinski definition) is 4. The average Bonchev–Trinajstić information content (AvgIpc) is 2.98. The highest BCUT2D eigenvalue weighted by molar-refractivity contribution is 6.35. The molecule has 0 saturated heterocycles. The Balaban J connectivity index is 1.64. The van der Waals surface area contributed by atoms with Crippen LogP contribution in [0.25, 0.3) is 0 Å². The van der Waals surface area contributed by atoms with Crippen LogP contribution in [0.15, 0.2) is 54.6 Å². The van der Waals surface area contributed by atoms with Crippen LogP contribution >= 0.6 is 0 Å². The van der Waals surface area contributed by atoms with Crippen molar-refractivity contribution < 1.29 is 19.5 Å². The third kappa shape index (κ3) is 3.89. The van der Waals surface area contributed by atoms with Crippen molar-refractivity contribution in [2.75, 3.05) is 11.4 Å². The fraction of sp³-hybridized carbons (Fsp3) is 0.286. The van der Waals surface area contributed by atoms with Crippen LogP contribution in [0.1, 0.15) is 37.1 Å². The number of aliphatic hydroxyl groups is 1. The van der Waals surface area contributed by atoms with Gasteiger partial charge in [-0.15, -0.1) is 0 Å². The van der Waals surface area contributed by atoms with E-state index in [1.807, 2.05) is 32.0 Å². The number of hydrogen-bond donors (Lipinski definition) is 3. The van der Waals surface area contributed by atoms with Gasteiger partial charge in [-0.05, 0) is 25.5 Å². The second kappa shape index (κ2) is 8.22. The van der Waals surface area contributed by atoms with Crippen LogP contribution in [-0.4, -0.2) is 35.4 Å². The van der Waals surface area contributed by atoms with Crippen LogP contribution in [0, 0.1) is 0 Å². The topological polar surface area (TPSA) is 98.7 Å². The van der Waals surface area contributed by atoms with Crippen LogP contribution in [0.2, 0.25) is 0 Å². The Morgan fingerprint density at radius 2 is 1.68 bits per heavy atom. The Bertz CT molecular complexity index is 882. The van der Waals surface area contributed by atoms with Crippen molar-refractivity contribution in [3.05, 3.63) is 65.7 Å². The minimum Gasteiger partial charge on any atom is -0.387 e. The minimum absolute atomic E-state index is 0.0783. The largest absolute Gasteiger partial charge is 0.387 e. The average molecular weight is 381 g/mol. The van der Waals surface area contributed by atoms with E-state index < -0.39 is 24.0 Å². The van der Waals surface area contributed by atoms with Crippen molar-refractivity contribution in [1.82, 2.24) is 10.6 Å². The summed E-state index contributed by atoms with van der Waals surface area (Å²) in [6.45, 7) is 3.66. The lowest BCUT2D eigenvalue weighted by molar-refractivity contribution is -0.140. The highest BCUT2D eigenvalue weighted by Crippen LogP contribution is 2.36. The molecule has 146 valence electrons. The highest BCUT2D eigenvalue weighted by Gasteiger charge is 2.39. The maximum absolute atomic E-state index is 12.8. The summed E-state index contributed by atoms with van der Waals surface area (Å²) in [6, 6.07) is 15.0. The number of amides is 3. The first-order valence-electron chi connectivity index (χ1n) is 9.14. The SMILES string of the molecule is CC(C)N1C(=O)[C@@H](NC(=O)C(=O)NC[C@@H](O)c2ccccc2)c2ccccc21. The summed E-state index contributed by atoms with van der Waals surface area (Å²) in [5.41, 5.74) is 2.02. The van der Waals surface area contributed by atoms with Gasteiger partial charge in [-0.1, -0.05) is 48.5 Å². The molecular formula is C21H23N3O4. The summed E-state index contributed by atoms with van der Waals surface area (Å²) in [5, 5.41) is 15.0. The zero-order valence-corrected chi connectivity index (χ0v) is 15.8. The number of carbonyl (C=O) groups excluding carboxylic acids is 3. The fourth-order valence-corrected chi connectivity index (χ4v) is 3.27. The Labute approximate surface area is 163 Å². The second-order valence-electron chi connectivity index (χ2n) is 6.90. The molecule has 0 aromatic heterocycles. The summed E-state index contributed by atoms with van der Waals surface area (Å²) in [4.78, 5) is 38.8. The zero-order chi connectivity index (χ0) is 20.3. The number of nitrogens with zero attached hydrogens (tertiary/aromatic N) is 1. The predicted octanol–water partition coefficient (Wildman–Crippen LogP) is 1.45. The molecule has 0 radical (unpaired) electrons. The first-order chi connectivity index (χ1) is 13.4. The van der Waals surface area contributed by atoms with Crippen molar-refractivity contribution in [2.45, 2.75) is 32.0 Å². The van der Waals surface area contributed by atoms with Crippen LogP contribution < -0.4 is 15.5 Å². The van der Waals surface area contributed by atoms with Gasteiger partial charge in [0.2, 0.25) is 0 Å². The van der Waals surface area contributed by atoms with Gasteiger partial charge in [0.1, 0.15) is 6.04 Å². The molecule has 1 heterocycles. The van der Waals surface area contributed by atoms with E-state index in [4.69, 9.17) is 0 Å². The summed E-state index contributed by atoms with van der Waals surface area (Å²) >= 11 is 0. The van der Waals surface area contributed by atoms with Gasteiger partial charge in [0.05, 0.1) is 6.10 Å². The lowest BCUT2D eigenvalue weighted by Crippen LogP contribution is -2.46. The number of carbonyl (C=O) groups is 3. The van der Waals surface area contributed by atoms with Gasteiger partial charge in [0, 0.05) is 23.8 Å². The molecule has 0 bridgehead atoms. The number of fused-ring (bicyclic) bond motifs is 1. The molecule has 3 N–H and O–H groups in total. The number of para-hydroxylation sites is 1. The van der Waals surface area contributed by atoms with E-state index in [0.29, 0.717) is 11.1 Å². The lowest BCUT2D eigenvalue weighted by atomic mass is 10.1. The van der Waals surface area contributed by atoms with Crippen molar-refractivity contribution in [1.29, 1.82) is 0 Å².